The predicted octanol–water partition coefficient (Wildman–Crippen LogP) is 1.12. The third-order valence-corrected chi connectivity index (χ3v) is 2.56. The third-order valence-electron chi connectivity index (χ3n) is 2.56. The van der Waals surface area contributed by atoms with Crippen molar-refractivity contribution in [1.82, 2.24) is 15.1 Å². The van der Waals surface area contributed by atoms with Crippen LogP contribution in [-0.4, -0.2) is 37.2 Å². The monoisotopic (exact) mass is 227 g/mol. The lowest BCUT2D eigenvalue weighted by Crippen LogP contribution is -2.24. The molecule has 1 unspecified atom stereocenters. The lowest BCUT2D eigenvalue weighted by molar-refractivity contribution is 0.181. The molecule has 0 fully saturated rings. The van der Waals surface area contributed by atoms with Crippen LogP contribution >= 0.6 is 0 Å². The summed E-state index contributed by atoms with van der Waals surface area (Å²) in [7, 11) is 5.30. The summed E-state index contributed by atoms with van der Waals surface area (Å²) in [6.45, 7) is 3.71. The minimum absolute atomic E-state index is 0.215. The van der Waals surface area contributed by atoms with Crippen molar-refractivity contribution in [2.24, 2.45) is 7.05 Å². The average Bonchev–Trinajstić information content (AvgIpc) is 2.66. The van der Waals surface area contributed by atoms with Gasteiger partial charge in [0, 0.05) is 20.8 Å². The van der Waals surface area contributed by atoms with Crippen LogP contribution in [0.2, 0.25) is 0 Å². The van der Waals surface area contributed by atoms with Crippen LogP contribution in [0.3, 0.4) is 0 Å². The first-order valence-electron chi connectivity index (χ1n) is 5.52. The molecule has 1 aromatic heterocycles. The number of rotatable bonds is 7. The van der Waals surface area contributed by atoms with Crippen LogP contribution < -0.4 is 10.1 Å². The van der Waals surface area contributed by atoms with Crippen LogP contribution in [0.5, 0.6) is 5.75 Å². The van der Waals surface area contributed by atoms with E-state index in [1.54, 1.807) is 20.4 Å². The number of methoxy groups -OCH3 is 2. The topological polar surface area (TPSA) is 48.3 Å². The van der Waals surface area contributed by atoms with Gasteiger partial charge in [0.2, 0.25) is 0 Å². The molecule has 0 radical (unpaired) electrons. The van der Waals surface area contributed by atoms with Gasteiger partial charge in [0.1, 0.15) is 0 Å². The number of hydrogen-bond acceptors (Lipinski definition) is 4. The molecular weight excluding hydrogens is 206 g/mol. The van der Waals surface area contributed by atoms with Crippen LogP contribution in [-0.2, 0) is 11.8 Å². The molecule has 0 spiro atoms. The first kappa shape index (κ1) is 13.0. The fourth-order valence-corrected chi connectivity index (χ4v) is 1.80. The summed E-state index contributed by atoms with van der Waals surface area (Å²) in [5.41, 5.74) is 1.07. The lowest BCUT2D eigenvalue weighted by atomic mass is 10.1. The van der Waals surface area contributed by atoms with Gasteiger partial charge in [-0.15, -0.1) is 0 Å². The van der Waals surface area contributed by atoms with Crippen LogP contribution in [0.1, 0.15) is 25.1 Å². The molecule has 0 amide bonds. The first-order valence-corrected chi connectivity index (χ1v) is 5.52. The van der Waals surface area contributed by atoms with Crippen molar-refractivity contribution in [3.63, 3.8) is 0 Å². The van der Waals surface area contributed by atoms with Gasteiger partial charge in [-0.2, -0.15) is 5.10 Å². The zero-order valence-corrected chi connectivity index (χ0v) is 10.5. The van der Waals surface area contributed by atoms with E-state index in [-0.39, 0.29) is 6.04 Å². The van der Waals surface area contributed by atoms with E-state index in [1.165, 1.54) is 0 Å². The minimum atomic E-state index is 0.215. The zero-order valence-electron chi connectivity index (χ0n) is 10.5. The molecule has 0 aromatic carbocycles. The fourth-order valence-electron chi connectivity index (χ4n) is 1.80. The molecule has 0 bridgehead atoms. The second kappa shape index (κ2) is 6.50. The Morgan fingerprint density at radius 1 is 1.50 bits per heavy atom. The molecule has 16 heavy (non-hydrogen) atoms. The molecule has 0 aliphatic carbocycles. The highest BCUT2D eigenvalue weighted by Crippen LogP contribution is 2.26. The maximum Gasteiger partial charge on any atom is 0.161 e. The smallest absolute Gasteiger partial charge is 0.161 e. The summed E-state index contributed by atoms with van der Waals surface area (Å²) >= 11 is 0. The van der Waals surface area contributed by atoms with Crippen molar-refractivity contribution < 1.29 is 9.47 Å². The summed E-state index contributed by atoms with van der Waals surface area (Å²) in [5.74, 6) is 0.824. The molecule has 92 valence electrons. The van der Waals surface area contributed by atoms with E-state index in [0.717, 1.165) is 24.4 Å². The van der Waals surface area contributed by atoms with Gasteiger partial charge in [0.15, 0.2) is 5.75 Å². The molecule has 0 aliphatic heterocycles. The van der Waals surface area contributed by atoms with Gasteiger partial charge < -0.3 is 14.8 Å². The molecule has 0 saturated heterocycles. The maximum atomic E-state index is 5.31. The van der Waals surface area contributed by atoms with Gasteiger partial charge in [-0.25, -0.2) is 0 Å². The summed E-state index contributed by atoms with van der Waals surface area (Å²) < 4.78 is 12.3. The SMILES string of the molecule is CCNC(CCOC)c1c(OC)cnn1C. The van der Waals surface area contributed by atoms with E-state index in [9.17, 15) is 0 Å². The second-order valence-electron chi connectivity index (χ2n) is 3.61. The Bertz CT molecular complexity index is 312. The van der Waals surface area contributed by atoms with Crippen molar-refractivity contribution >= 4 is 0 Å². The summed E-state index contributed by atoms with van der Waals surface area (Å²) in [6.07, 6.45) is 2.65. The molecule has 1 heterocycles. The second-order valence-corrected chi connectivity index (χ2v) is 3.61. The fraction of sp³-hybridized carbons (Fsp3) is 0.727. The van der Waals surface area contributed by atoms with E-state index in [4.69, 9.17) is 9.47 Å². The Morgan fingerprint density at radius 3 is 2.81 bits per heavy atom. The van der Waals surface area contributed by atoms with Crippen molar-refractivity contribution in [2.75, 3.05) is 27.4 Å². The van der Waals surface area contributed by atoms with E-state index < -0.39 is 0 Å². The van der Waals surface area contributed by atoms with Gasteiger partial charge in [0.25, 0.3) is 0 Å². The molecule has 1 rings (SSSR count). The molecule has 0 saturated carbocycles. The molecule has 0 aliphatic rings. The minimum Gasteiger partial charge on any atom is -0.493 e. The van der Waals surface area contributed by atoms with Gasteiger partial charge in [0.05, 0.1) is 25.0 Å². The normalized spacial score (nSPS) is 12.8. The largest absolute Gasteiger partial charge is 0.493 e. The number of aryl methyl sites for hydroxylation is 1. The van der Waals surface area contributed by atoms with E-state index in [0.29, 0.717) is 6.61 Å². The Morgan fingerprint density at radius 2 is 2.25 bits per heavy atom. The molecule has 1 N–H and O–H groups in total. The van der Waals surface area contributed by atoms with Crippen LogP contribution in [0.4, 0.5) is 0 Å². The standard InChI is InChI=1S/C11H21N3O2/c1-5-12-9(6-7-15-3)11-10(16-4)8-13-14(11)2/h8-9,12H,5-7H2,1-4H3. The van der Waals surface area contributed by atoms with Crippen molar-refractivity contribution in [2.45, 2.75) is 19.4 Å². The van der Waals surface area contributed by atoms with Crippen LogP contribution in [0, 0.1) is 0 Å². The number of hydrogen-bond donors (Lipinski definition) is 1. The maximum absolute atomic E-state index is 5.31. The molecule has 5 nitrogen and oxygen atoms in total. The number of aromatic nitrogens is 2. The molecular formula is C11H21N3O2. The van der Waals surface area contributed by atoms with Gasteiger partial charge in [-0.1, -0.05) is 6.92 Å². The Labute approximate surface area is 96.7 Å². The quantitative estimate of drug-likeness (QED) is 0.758. The van der Waals surface area contributed by atoms with Crippen molar-refractivity contribution in [3.8, 4) is 5.75 Å². The Hall–Kier alpha value is -1.07. The molecule has 5 heteroatoms. The van der Waals surface area contributed by atoms with Gasteiger partial charge in [-0.05, 0) is 13.0 Å². The average molecular weight is 227 g/mol. The predicted molar refractivity (Wildman–Crippen MR) is 62.7 cm³/mol. The van der Waals surface area contributed by atoms with E-state index in [1.807, 2.05) is 11.7 Å². The van der Waals surface area contributed by atoms with Crippen molar-refractivity contribution in [3.05, 3.63) is 11.9 Å². The van der Waals surface area contributed by atoms with E-state index in [2.05, 4.69) is 17.3 Å². The van der Waals surface area contributed by atoms with E-state index >= 15 is 0 Å². The Kier molecular flexibility index (Phi) is 5.28. The van der Waals surface area contributed by atoms with Crippen LogP contribution in [0.25, 0.3) is 0 Å². The number of nitrogens with one attached hydrogen (secondary N) is 1. The highest BCUT2D eigenvalue weighted by atomic mass is 16.5. The van der Waals surface area contributed by atoms with Gasteiger partial charge in [-0.3, -0.25) is 4.68 Å². The summed E-state index contributed by atoms with van der Waals surface area (Å²) in [4.78, 5) is 0. The first-order chi connectivity index (χ1) is 7.74. The van der Waals surface area contributed by atoms with Crippen LogP contribution in [0.15, 0.2) is 6.20 Å². The zero-order chi connectivity index (χ0) is 12.0. The highest BCUT2D eigenvalue weighted by molar-refractivity contribution is 5.28. The van der Waals surface area contributed by atoms with Crippen molar-refractivity contribution in [1.29, 1.82) is 0 Å². The molecule has 1 atom stereocenters. The summed E-state index contributed by atoms with van der Waals surface area (Å²) in [6, 6.07) is 0.215. The number of ether oxygens (including phenoxy) is 2. The molecule has 1 aromatic rings. The number of nitrogens with zero attached hydrogens (tertiary/aromatic N) is 2. The Balaban J connectivity index is 2.85. The highest BCUT2D eigenvalue weighted by Gasteiger charge is 2.19. The summed E-state index contributed by atoms with van der Waals surface area (Å²) in [5, 5.41) is 7.62. The third kappa shape index (κ3) is 2.96. The van der Waals surface area contributed by atoms with Gasteiger partial charge >= 0.3 is 0 Å². The lowest BCUT2D eigenvalue weighted by Gasteiger charge is -2.19.